The van der Waals surface area contributed by atoms with Crippen molar-refractivity contribution >= 4 is 22.5 Å². The molecule has 0 saturated heterocycles. The summed E-state index contributed by atoms with van der Waals surface area (Å²) in [4.78, 5) is 0. The third-order valence-electron chi connectivity index (χ3n) is 7.01. The van der Waals surface area contributed by atoms with Crippen molar-refractivity contribution in [3.05, 3.63) is 104 Å². The largest absolute Gasteiger partial charge is 0.325 e. The molecule has 0 aliphatic carbocycles. The molecule has 3 rings (SSSR count). The Bertz CT molecular complexity index is 741. The lowest BCUT2D eigenvalue weighted by Gasteiger charge is -2.40. The lowest BCUT2D eigenvalue weighted by molar-refractivity contribution is -0.921. The average molecular weight is 399 g/mol. The summed E-state index contributed by atoms with van der Waals surface area (Å²) in [5, 5.41) is 0. The third kappa shape index (κ3) is 5.12. The Morgan fingerprint density at radius 1 is 0.567 bits per heavy atom. The van der Waals surface area contributed by atoms with Crippen LogP contribution in [0.15, 0.2) is 104 Å². The van der Waals surface area contributed by atoms with Gasteiger partial charge >= 0.3 is 0 Å². The first-order valence-electron chi connectivity index (χ1n) is 11.4. The number of nitrogens with zero attached hydrogens (tertiary/aromatic N) is 1. The van der Waals surface area contributed by atoms with Gasteiger partial charge in [-0.1, -0.05) is 91.0 Å². The predicted octanol–water partition coefficient (Wildman–Crippen LogP) is 4.76. The van der Waals surface area contributed by atoms with Gasteiger partial charge in [0, 0.05) is 0 Å². The van der Waals surface area contributed by atoms with Crippen molar-refractivity contribution in [2.45, 2.75) is 27.7 Å². The zero-order valence-electron chi connectivity index (χ0n) is 19.3. The second kappa shape index (κ2) is 11.6. The average Bonchev–Trinajstić information content (AvgIpc) is 2.84. The number of quaternary nitrogens is 1. The van der Waals surface area contributed by atoms with E-state index >= 15 is 0 Å². The minimum absolute atomic E-state index is 1.13. The molecule has 0 spiro atoms. The molecule has 3 aromatic rings. The molecule has 0 aliphatic heterocycles. The van der Waals surface area contributed by atoms with Crippen molar-refractivity contribution in [3.8, 4) is 0 Å². The molecule has 0 heterocycles. The number of benzene rings is 3. The first kappa shape index (κ1) is 23.7. The second-order valence-electron chi connectivity index (χ2n) is 8.01. The van der Waals surface area contributed by atoms with E-state index in [2.05, 4.69) is 131 Å². The molecule has 2 heteroatoms. The molecule has 0 bridgehead atoms. The van der Waals surface area contributed by atoms with Gasteiger partial charge in [-0.2, -0.15) is 16.4 Å². The second-order valence-corrected chi connectivity index (χ2v) is 8.01. The molecular formula is C28H38BN. The van der Waals surface area contributed by atoms with E-state index in [1.165, 1.54) is 47.1 Å². The van der Waals surface area contributed by atoms with Crippen molar-refractivity contribution in [3.63, 3.8) is 0 Å². The zero-order valence-corrected chi connectivity index (χ0v) is 19.3. The molecule has 0 aromatic heterocycles. The van der Waals surface area contributed by atoms with Crippen molar-refractivity contribution in [2.75, 3.05) is 26.2 Å². The lowest BCUT2D eigenvalue weighted by atomic mass is 9.16. The van der Waals surface area contributed by atoms with Crippen LogP contribution in [0.25, 0.3) is 0 Å². The van der Waals surface area contributed by atoms with Crippen LogP contribution in [0.5, 0.6) is 0 Å². The van der Waals surface area contributed by atoms with Gasteiger partial charge in [-0.15, -0.1) is 6.58 Å². The highest BCUT2D eigenvalue weighted by Crippen LogP contribution is 2.08. The van der Waals surface area contributed by atoms with Gasteiger partial charge in [-0.25, -0.2) is 5.98 Å². The first-order chi connectivity index (χ1) is 14.6. The zero-order chi connectivity index (χ0) is 21.9. The fraction of sp³-hybridized carbons (Fsp3) is 0.286. The Hall–Kier alpha value is -2.58. The predicted molar refractivity (Wildman–Crippen MR) is 137 cm³/mol. The normalized spacial score (nSPS) is 11.3. The van der Waals surface area contributed by atoms with Gasteiger partial charge in [0.05, 0.1) is 32.3 Å². The molecule has 0 amide bonds. The van der Waals surface area contributed by atoms with E-state index in [0.29, 0.717) is 0 Å². The van der Waals surface area contributed by atoms with Gasteiger partial charge in [0.1, 0.15) is 0 Å². The maximum absolute atomic E-state index is 4.19. The number of hydrogen-bond acceptors (Lipinski definition) is 0. The van der Waals surface area contributed by atoms with Gasteiger partial charge in [-0.3, -0.25) is 0 Å². The van der Waals surface area contributed by atoms with Crippen LogP contribution >= 0.6 is 0 Å². The van der Waals surface area contributed by atoms with E-state index in [0.717, 1.165) is 0 Å². The molecule has 1 nitrogen and oxygen atoms in total. The van der Waals surface area contributed by atoms with E-state index in [-0.39, 0.29) is 0 Å². The smallest absolute Gasteiger partial charge is 0.0998 e. The Kier molecular flexibility index (Phi) is 9.14. The SMILES string of the molecule is C=C[B-](c1ccccc1)(c1ccccc1)c1ccccc1.CC[N+](CC)(CC)CC. The Balaban J connectivity index is 0.000000303. The monoisotopic (exact) mass is 399 g/mol. The third-order valence-corrected chi connectivity index (χ3v) is 7.01. The van der Waals surface area contributed by atoms with E-state index < -0.39 is 6.15 Å². The molecule has 0 fully saturated rings. The fourth-order valence-electron chi connectivity index (χ4n) is 4.60. The van der Waals surface area contributed by atoms with Gasteiger partial charge in [-0.05, 0) is 27.7 Å². The maximum atomic E-state index is 4.19. The lowest BCUT2D eigenvalue weighted by Crippen LogP contribution is -2.65. The molecule has 0 saturated carbocycles. The van der Waals surface area contributed by atoms with Gasteiger partial charge in [0.25, 0.3) is 0 Å². The van der Waals surface area contributed by atoms with Crippen LogP contribution in [0.3, 0.4) is 0 Å². The molecule has 0 N–H and O–H groups in total. The van der Waals surface area contributed by atoms with Gasteiger partial charge in [0.15, 0.2) is 0 Å². The van der Waals surface area contributed by atoms with Crippen LogP contribution in [0.2, 0.25) is 0 Å². The number of rotatable bonds is 8. The molecule has 158 valence electrons. The molecule has 30 heavy (non-hydrogen) atoms. The van der Waals surface area contributed by atoms with E-state index in [9.17, 15) is 0 Å². The molecular weight excluding hydrogens is 361 g/mol. The van der Waals surface area contributed by atoms with Crippen LogP contribution in [0.1, 0.15) is 27.7 Å². The molecule has 0 radical (unpaired) electrons. The molecule has 3 aromatic carbocycles. The highest BCUT2D eigenvalue weighted by Gasteiger charge is 2.25. The van der Waals surface area contributed by atoms with Crippen LogP contribution in [0, 0.1) is 0 Å². The van der Waals surface area contributed by atoms with Crippen LogP contribution in [-0.4, -0.2) is 36.8 Å². The van der Waals surface area contributed by atoms with Crippen molar-refractivity contribution < 1.29 is 4.48 Å². The minimum atomic E-state index is -1.13. The summed E-state index contributed by atoms with van der Waals surface area (Å²) >= 11 is 0. The highest BCUT2D eigenvalue weighted by atomic mass is 15.3. The molecule has 0 aliphatic rings. The minimum Gasteiger partial charge on any atom is -0.325 e. The van der Waals surface area contributed by atoms with Crippen LogP contribution < -0.4 is 16.4 Å². The topological polar surface area (TPSA) is 0 Å². The van der Waals surface area contributed by atoms with Gasteiger partial charge < -0.3 is 4.48 Å². The van der Waals surface area contributed by atoms with Crippen LogP contribution in [-0.2, 0) is 0 Å². The van der Waals surface area contributed by atoms with Crippen LogP contribution in [0.4, 0.5) is 0 Å². The summed E-state index contributed by atoms with van der Waals surface area (Å²) in [5.74, 6) is 2.11. The summed E-state index contributed by atoms with van der Waals surface area (Å²) in [6, 6.07) is 31.9. The summed E-state index contributed by atoms with van der Waals surface area (Å²) in [6.07, 6.45) is -1.13. The Morgan fingerprint density at radius 3 is 1.00 bits per heavy atom. The van der Waals surface area contributed by atoms with E-state index in [1.54, 1.807) is 0 Å². The summed E-state index contributed by atoms with van der Waals surface area (Å²) in [7, 11) is 0. The summed E-state index contributed by atoms with van der Waals surface area (Å²) in [6.45, 7) is 18.4. The Labute approximate surface area is 184 Å². The summed E-state index contributed by atoms with van der Waals surface area (Å²) in [5.41, 5.74) is 3.89. The summed E-state index contributed by atoms with van der Waals surface area (Å²) < 4.78 is 1.28. The first-order valence-corrected chi connectivity index (χ1v) is 11.4. The van der Waals surface area contributed by atoms with Crippen molar-refractivity contribution in [2.24, 2.45) is 0 Å². The quantitative estimate of drug-likeness (QED) is 0.378. The molecule has 0 unspecified atom stereocenters. The van der Waals surface area contributed by atoms with Gasteiger partial charge in [0.2, 0.25) is 0 Å². The highest BCUT2D eigenvalue weighted by molar-refractivity contribution is 7.14. The fourth-order valence-corrected chi connectivity index (χ4v) is 4.60. The molecule has 0 atom stereocenters. The van der Waals surface area contributed by atoms with E-state index in [4.69, 9.17) is 0 Å². The van der Waals surface area contributed by atoms with Crippen molar-refractivity contribution in [1.29, 1.82) is 0 Å². The standard InChI is InChI=1S/C20H18B.C8H20N/c1-2-21(18-12-6-3-7-13-18,19-14-8-4-9-15-19)20-16-10-5-11-17-20;1-5-9(6-2,7-3)8-4/h2-17H,1H2;5-8H2,1-4H3/q-1;+1. The number of hydrogen-bond donors (Lipinski definition) is 0. The maximum Gasteiger partial charge on any atom is 0.0998 e. The van der Waals surface area contributed by atoms with E-state index in [1.807, 2.05) is 0 Å². The van der Waals surface area contributed by atoms with Crippen molar-refractivity contribution in [1.82, 2.24) is 0 Å². The Morgan fingerprint density at radius 2 is 0.833 bits per heavy atom.